The summed E-state index contributed by atoms with van der Waals surface area (Å²) in [6.45, 7) is 2.19. The van der Waals surface area contributed by atoms with Crippen LogP contribution in [0.25, 0.3) is 0 Å². The van der Waals surface area contributed by atoms with Crippen LogP contribution in [0.1, 0.15) is 89.9 Å². The Labute approximate surface area is 194 Å². The van der Waals surface area contributed by atoms with Crippen molar-refractivity contribution in [3.63, 3.8) is 0 Å². The molecule has 1 aromatic heterocycles. The molecule has 3 heteroatoms. The van der Waals surface area contributed by atoms with Gasteiger partial charge in [-0.05, 0) is 148 Å². The molecule has 8 saturated carbocycles. The van der Waals surface area contributed by atoms with Crippen molar-refractivity contribution in [2.24, 2.45) is 46.3 Å². The van der Waals surface area contributed by atoms with Gasteiger partial charge in [0.1, 0.15) is 11.6 Å². The van der Waals surface area contributed by atoms with Gasteiger partial charge in [-0.1, -0.05) is 6.07 Å². The first-order valence-electron chi connectivity index (χ1n) is 14.1. The maximum Gasteiger partial charge on any atom is 0.128 e. The van der Waals surface area contributed by atoms with Crippen LogP contribution in [-0.2, 0) is 0 Å². The molecule has 32 heavy (non-hydrogen) atoms. The fraction of sp³-hybridized carbons (Fsp3) is 0.828. The predicted molar refractivity (Wildman–Crippen MR) is 132 cm³/mol. The molecule has 0 amide bonds. The summed E-state index contributed by atoms with van der Waals surface area (Å²) < 4.78 is 0. The highest BCUT2D eigenvalue weighted by atomic mass is 15.1. The molecule has 3 nitrogen and oxygen atoms in total. The quantitative estimate of drug-likeness (QED) is 0.458. The Morgan fingerprint density at radius 2 is 0.938 bits per heavy atom. The average molecular weight is 434 g/mol. The van der Waals surface area contributed by atoms with Crippen LogP contribution in [0.15, 0.2) is 18.2 Å². The van der Waals surface area contributed by atoms with Gasteiger partial charge in [-0.2, -0.15) is 0 Å². The summed E-state index contributed by atoms with van der Waals surface area (Å²) >= 11 is 0. The van der Waals surface area contributed by atoms with Crippen molar-refractivity contribution in [2.75, 3.05) is 23.7 Å². The number of aromatic nitrogens is 1. The van der Waals surface area contributed by atoms with Crippen molar-refractivity contribution in [3.8, 4) is 0 Å². The summed E-state index contributed by atoms with van der Waals surface area (Å²) in [5, 5.41) is 7.39. The summed E-state index contributed by atoms with van der Waals surface area (Å²) in [5.41, 5.74) is 1.32. The molecule has 0 aromatic carbocycles. The standard InChI is InChI=1S/C29H43N3/c1-2-26(30-6-4-28-14-20-8-21(15-28)10-22(9-20)16-28)32-27(3-1)31-7-5-29-17-23-11-24(18-29)13-25(12-23)19-29/h1-3,20-25H,4-19H2,(H2,30,31,32). The van der Waals surface area contributed by atoms with Crippen molar-refractivity contribution < 1.29 is 0 Å². The summed E-state index contributed by atoms with van der Waals surface area (Å²) in [4.78, 5) is 4.92. The van der Waals surface area contributed by atoms with E-state index in [-0.39, 0.29) is 0 Å². The zero-order valence-corrected chi connectivity index (χ0v) is 20.0. The van der Waals surface area contributed by atoms with Gasteiger partial charge in [-0.15, -0.1) is 0 Å². The smallest absolute Gasteiger partial charge is 0.128 e. The molecule has 0 aliphatic heterocycles. The highest BCUT2D eigenvalue weighted by Gasteiger charge is 2.51. The molecular weight excluding hydrogens is 390 g/mol. The molecule has 1 heterocycles. The summed E-state index contributed by atoms with van der Waals surface area (Å²) in [6.07, 6.45) is 21.1. The lowest BCUT2D eigenvalue weighted by atomic mass is 9.49. The Morgan fingerprint density at radius 3 is 1.28 bits per heavy atom. The van der Waals surface area contributed by atoms with Crippen LogP contribution < -0.4 is 10.6 Å². The van der Waals surface area contributed by atoms with E-state index in [2.05, 4.69) is 28.8 Å². The SMILES string of the molecule is c1cc(NCCC23CC4CC(CC(C4)C2)C3)nc(NCCC23CC4CC(CC(C4)C2)C3)c1. The number of nitrogens with zero attached hydrogens (tertiary/aromatic N) is 1. The number of pyridine rings is 1. The monoisotopic (exact) mass is 433 g/mol. The van der Waals surface area contributed by atoms with Crippen molar-refractivity contribution in [1.29, 1.82) is 0 Å². The van der Waals surface area contributed by atoms with Crippen LogP contribution in [0.3, 0.4) is 0 Å². The fourth-order valence-corrected chi connectivity index (χ4v) is 10.7. The molecule has 8 aliphatic rings. The van der Waals surface area contributed by atoms with E-state index in [9.17, 15) is 0 Å². The number of nitrogens with one attached hydrogen (secondary N) is 2. The molecule has 0 spiro atoms. The van der Waals surface area contributed by atoms with E-state index in [1.165, 1.54) is 51.4 Å². The largest absolute Gasteiger partial charge is 0.370 e. The van der Waals surface area contributed by atoms with Crippen molar-refractivity contribution in [1.82, 2.24) is 4.98 Å². The van der Waals surface area contributed by atoms with Crippen LogP contribution in [-0.4, -0.2) is 18.1 Å². The number of anilines is 2. The molecule has 9 rings (SSSR count). The summed E-state index contributed by atoms with van der Waals surface area (Å²) in [5.74, 6) is 8.47. The average Bonchev–Trinajstić information content (AvgIpc) is 2.72. The third kappa shape index (κ3) is 3.76. The molecule has 1 aromatic rings. The van der Waals surface area contributed by atoms with E-state index in [1.54, 1.807) is 38.5 Å². The first-order chi connectivity index (χ1) is 15.6. The van der Waals surface area contributed by atoms with Gasteiger partial charge in [0.05, 0.1) is 0 Å². The third-order valence-corrected chi connectivity index (χ3v) is 11.0. The van der Waals surface area contributed by atoms with Crippen molar-refractivity contribution in [3.05, 3.63) is 18.2 Å². The van der Waals surface area contributed by atoms with Gasteiger partial charge in [0.2, 0.25) is 0 Å². The van der Waals surface area contributed by atoms with Gasteiger partial charge in [0.25, 0.3) is 0 Å². The van der Waals surface area contributed by atoms with Crippen LogP contribution in [0, 0.1) is 46.3 Å². The molecular formula is C29H43N3. The minimum Gasteiger partial charge on any atom is -0.370 e. The number of hydrogen-bond donors (Lipinski definition) is 2. The third-order valence-electron chi connectivity index (χ3n) is 11.0. The minimum absolute atomic E-state index is 0.662. The van der Waals surface area contributed by atoms with Gasteiger partial charge in [-0.3, -0.25) is 0 Å². The second-order valence-corrected chi connectivity index (χ2v) is 13.6. The molecule has 0 radical (unpaired) electrons. The fourth-order valence-electron chi connectivity index (χ4n) is 10.7. The lowest BCUT2D eigenvalue weighted by molar-refractivity contribution is -0.0553. The lowest BCUT2D eigenvalue weighted by Gasteiger charge is -2.57. The molecule has 8 aliphatic carbocycles. The number of hydrogen-bond acceptors (Lipinski definition) is 3. The van der Waals surface area contributed by atoms with E-state index in [0.29, 0.717) is 10.8 Å². The zero-order valence-electron chi connectivity index (χ0n) is 20.0. The Kier molecular flexibility index (Phi) is 4.81. The molecule has 0 unspecified atom stereocenters. The Morgan fingerprint density at radius 1 is 0.594 bits per heavy atom. The van der Waals surface area contributed by atoms with Gasteiger partial charge >= 0.3 is 0 Å². The molecule has 8 fully saturated rings. The maximum atomic E-state index is 4.92. The molecule has 0 saturated heterocycles. The van der Waals surface area contributed by atoms with Crippen LogP contribution in [0.2, 0.25) is 0 Å². The first kappa shape index (κ1) is 20.2. The van der Waals surface area contributed by atoms with Gasteiger partial charge in [0, 0.05) is 13.1 Å². The lowest BCUT2D eigenvalue weighted by Crippen LogP contribution is -2.46. The Hall–Kier alpha value is -1.25. The van der Waals surface area contributed by atoms with Crippen molar-refractivity contribution in [2.45, 2.75) is 89.9 Å². The molecule has 8 bridgehead atoms. The van der Waals surface area contributed by atoms with Gasteiger partial charge in [-0.25, -0.2) is 4.98 Å². The number of rotatable bonds is 8. The Balaban J connectivity index is 0.914. The van der Waals surface area contributed by atoms with Gasteiger partial charge in [0.15, 0.2) is 0 Å². The second-order valence-electron chi connectivity index (χ2n) is 13.6. The van der Waals surface area contributed by atoms with Crippen LogP contribution in [0.4, 0.5) is 11.6 Å². The van der Waals surface area contributed by atoms with E-state index in [0.717, 1.165) is 60.2 Å². The van der Waals surface area contributed by atoms with E-state index >= 15 is 0 Å². The van der Waals surface area contributed by atoms with E-state index < -0.39 is 0 Å². The van der Waals surface area contributed by atoms with Gasteiger partial charge < -0.3 is 10.6 Å². The summed E-state index contributed by atoms with van der Waals surface area (Å²) in [7, 11) is 0. The van der Waals surface area contributed by atoms with E-state index in [4.69, 9.17) is 4.98 Å². The molecule has 2 N–H and O–H groups in total. The highest BCUT2D eigenvalue weighted by molar-refractivity contribution is 5.45. The normalized spacial score (nSPS) is 45.4. The minimum atomic E-state index is 0.662. The first-order valence-corrected chi connectivity index (χ1v) is 14.1. The molecule has 0 atom stereocenters. The van der Waals surface area contributed by atoms with E-state index in [1.807, 2.05) is 0 Å². The second kappa shape index (κ2) is 7.64. The van der Waals surface area contributed by atoms with Crippen molar-refractivity contribution >= 4 is 11.6 Å². The highest BCUT2D eigenvalue weighted by Crippen LogP contribution is 2.62. The maximum absolute atomic E-state index is 4.92. The summed E-state index contributed by atoms with van der Waals surface area (Å²) in [6, 6.07) is 6.49. The Bertz CT molecular complexity index is 709. The van der Waals surface area contributed by atoms with Crippen LogP contribution in [0.5, 0.6) is 0 Å². The topological polar surface area (TPSA) is 37.0 Å². The zero-order chi connectivity index (χ0) is 21.2. The predicted octanol–water partition coefficient (Wildman–Crippen LogP) is 7.12. The van der Waals surface area contributed by atoms with Crippen LogP contribution >= 0.6 is 0 Å². The molecule has 174 valence electrons.